The van der Waals surface area contributed by atoms with Crippen LogP contribution < -0.4 is 0 Å². The van der Waals surface area contributed by atoms with Gasteiger partial charge in [0.15, 0.2) is 9.84 Å². The van der Waals surface area contributed by atoms with E-state index in [9.17, 15) is 8.42 Å². The van der Waals surface area contributed by atoms with Crippen LogP contribution in [0.5, 0.6) is 0 Å². The first-order valence-electron chi connectivity index (χ1n) is 6.40. The molecule has 0 radical (unpaired) electrons. The quantitative estimate of drug-likeness (QED) is 0.790. The number of alkyl halides is 1. The van der Waals surface area contributed by atoms with Crippen molar-refractivity contribution in [2.75, 3.05) is 6.26 Å². The Morgan fingerprint density at radius 3 is 2.50 bits per heavy atom. The van der Waals surface area contributed by atoms with Crippen molar-refractivity contribution in [2.45, 2.75) is 29.8 Å². The molecule has 0 aliphatic rings. The molecule has 2 rings (SSSR count). The molecule has 1 unspecified atom stereocenters. The van der Waals surface area contributed by atoms with Crippen molar-refractivity contribution < 1.29 is 8.42 Å². The smallest absolute Gasteiger partial charge is 0.153 e. The number of halogens is 1. The molecule has 0 amide bonds. The highest BCUT2D eigenvalue weighted by Crippen LogP contribution is 2.29. The summed E-state index contributed by atoms with van der Waals surface area (Å²) in [7, 11) is -3.14. The lowest BCUT2D eigenvalue weighted by Gasteiger charge is -2.28. The number of para-hydroxylation sites is 1. The summed E-state index contributed by atoms with van der Waals surface area (Å²) in [6.45, 7) is 3.48. The minimum Gasteiger partial charge on any atom is -0.253 e. The van der Waals surface area contributed by atoms with E-state index in [1.54, 1.807) is 13.8 Å². The molecule has 2 aromatic rings. The number of rotatable bonds is 4. The molecule has 1 aromatic heterocycles. The third-order valence-corrected chi connectivity index (χ3v) is 7.72. The van der Waals surface area contributed by atoms with Gasteiger partial charge in [-0.3, -0.25) is 4.98 Å². The SMILES string of the molecule is CC(C)(C(Br)Cc1ccc2ccccc2n1)S(C)(=O)=O. The summed E-state index contributed by atoms with van der Waals surface area (Å²) in [4.78, 5) is 4.40. The Morgan fingerprint density at radius 2 is 1.85 bits per heavy atom. The maximum atomic E-state index is 11.8. The van der Waals surface area contributed by atoms with E-state index in [0.717, 1.165) is 16.6 Å². The molecular formula is C15H18BrNO2S. The number of sulfone groups is 1. The second kappa shape index (κ2) is 5.45. The molecule has 3 nitrogen and oxygen atoms in total. The van der Waals surface area contributed by atoms with E-state index in [4.69, 9.17) is 0 Å². The zero-order chi connectivity index (χ0) is 15.0. The number of pyridine rings is 1. The van der Waals surface area contributed by atoms with Crippen molar-refractivity contribution in [3.05, 3.63) is 42.1 Å². The van der Waals surface area contributed by atoms with Gasteiger partial charge >= 0.3 is 0 Å². The molecule has 0 saturated heterocycles. The highest BCUT2D eigenvalue weighted by atomic mass is 79.9. The Morgan fingerprint density at radius 1 is 1.20 bits per heavy atom. The van der Waals surface area contributed by atoms with Crippen molar-refractivity contribution >= 4 is 36.7 Å². The molecule has 0 spiro atoms. The monoisotopic (exact) mass is 355 g/mol. The minimum atomic E-state index is -3.14. The molecule has 0 aliphatic heterocycles. The van der Waals surface area contributed by atoms with Crippen LogP contribution in [0.1, 0.15) is 19.5 Å². The normalized spacial score (nSPS) is 14.4. The predicted octanol–water partition coefficient (Wildman–Crippen LogP) is 3.36. The third-order valence-electron chi connectivity index (χ3n) is 3.75. The lowest BCUT2D eigenvalue weighted by atomic mass is 10.0. The molecule has 0 bridgehead atoms. The molecule has 0 fully saturated rings. The van der Waals surface area contributed by atoms with Crippen LogP contribution in [0.2, 0.25) is 0 Å². The van der Waals surface area contributed by atoms with Crippen molar-refractivity contribution in [3.63, 3.8) is 0 Å². The van der Waals surface area contributed by atoms with Crippen LogP contribution in [0.25, 0.3) is 10.9 Å². The summed E-state index contributed by atoms with van der Waals surface area (Å²) in [5, 5.41) is 1.09. The number of aromatic nitrogens is 1. The fourth-order valence-electron chi connectivity index (χ4n) is 1.88. The fraction of sp³-hybridized carbons (Fsp3) is 0.400. The summed E-state index contributed by atoms with van der Waals surface area (Å²) in [5.41, 5.74) is 1.82. The van der Waals surface area contributed by atoms with Gasteiger partial charge in [-0.25, -0.2) is 8.42 Å². The van der Waals surface area contributed by atoms with E-state index in [1.807, 2.05) is 36.4 Å². The van der Waals surface area contributed by atoms with Gasteiger partial charge in [-0.2, -0.15) is 0 Å². The van der Waals surface area contributed by atoms with Gasteiger partial charge in [-0.05, 0) is 26.0 Å². The molecule has 0 aliphatic carbocycles. The highest BCUT2D eigenvalue weighted by Gasteiger charge is 2.37. The zero-order valence-electron chi connectivity index (χ0n) is 11.8. The third kappa shape index (κ3) is 3.04. The van der Waals surface area contributed by atoms with Gasteiger partial charge in [-0.15, -0.1) is 0 Å². The number of benzene rings is 1. The minimum absolute atomic E-state index is 0.182. The van der Waals surface area contributed by atoms with Crippen molar-refractivity contribution in [1.29, 1.82) is 0 Å². The molecule has 0 saturated carbocycles. The molecule has 1 aromatic carbocycles. The van der Waals surface area contributed by atoms with Crippen LogP contribution in [0, 0.1) is 0 Å². The molecule has 1 atom stereocenters. The van der Waals surface area contributed by atoms with Gasteiger partial charge in [-0.1, -0.05) is 40.2 Å². The Labute approximate surface area is 128 Å². The molecule has 20 heavy (non-hydrogen) atoms. The van der Waals surface area contributed by atoms with Crippen molar-refractivity contribution in [3.8, 4) is 0 Å². The summed E-state index contributed by atoms with van der Waals surface area (Å²) in [6.07, 6.45) is 1.85. The van der Waals surface area contributed by atoms with Crippen LogP contribution in [-0.4, -0.2) is 29.2 Å². The van der Waals surface area contributed by atoms with Crippen molar-refractivity contribution in [1.82, 2.24) is 4.98 Å². The first kappa shape index (κ1) is 15.4. The summed E-state index contributed by atoms with van der Waals surface area (Å²) >= 11 is 3.52. The maximum Gasteiger partial charge on any atom is 0.153 e. The Hall–Kier alpha value is -0.940. The largest absolute Gasteiger partial charge is 0.253 e. The second-order valence-electron chi connectivity index (χ2n) is 5.54. The molecule has 108 valence electrons. The first-order valence-corrected chi connectivity index (χ1v) is 9.21. The predicted molar refractivity (Wildman–Crippen MR) is 87.1 cm³/mol. The number of hydrogen-bond donors (Lipinski definition) is 0. The van der Waals surface area contributed by atoms with Crippen LogP contribution >= 0.6 is 15.9 Å². The van der Waals surface area contributed by atoms with E-state index < -0.39 is 14.6 Å². The van der Waals surface area contributed by atoms with E-state index in [1.165, 1.54) is 6.26 Å². The van der Waals surface area contributed by atoms with Gasteiger partial charge in [0.05, 0.1) is 10.3 Å². The number of hydrogen-bond acceptors (Lipinski definition) is 3. The van der Waals surface area contributed by atoms with Gasteiger partial charge in [0.25, 0.3) is 0 Å². The average Bonchev–Trinajstić information content (AvgIpc) is 2.37. The van der Waals surface area contributed by atoms with E-state index in [2.05, 4.69) is 20.9 Å². The Bertz CT molecular complexity index is 725. The molecule has 1 heterocycles. The van der Waals surface area contributed by atoms with Gasteiger partial charge in [0.1, 0.15) is 0 Å². The maximum absolute atomic E-state index is 11.8. The van der Waals surface area contributed by atoms with Crippen molar-refractivity contribution in [2.24, 2.45) is 0 Å². The standard InChI is InChI=1S/C15H18BrNO2S/c1-15(2,20(3,18)19)14(16)10-12-9-8-11-6-4-5-7-13(11)17-12/h4-9,14H,10H2,1-3H3. The zero-order valence-corrected chi connectivity index (χ0v) is 14.2. The fourth-order valence-corrected chi connectivity index (χ4v) is 3.78. The van der Waals surface area contributed by atoms with Gasteiger partial charge in [0, 0.05) is 28.6 Å². The summed E-state index contributed by atoms with van der Waals surface area (Å²) in [6, 6.07) is 11.9. The van der Waals surface area contributed by atoms with Crippen LogP contribution in [-0.2, 0) is 16.3 Å². The van der Waals surface area contributed by atoms with Crippen LogP contribution in [0.4, 0.5) is 0 Å². The Balaban J connectivity index is 2.28. The lowest BCUT2D eigenvalue weighted by Crippen LogP contribution is -2.41. The molecule has 0 N–H and O–H groups in total. The van der Waals surface area contributed by atoms with Gasteiger partial charge in [0.2, 0.25) is 0 Å². The topological polar surface area (TPSA) is 47.0 Å². The van der Waals surface area contributed by atoms with Crippen LogP contribution in [0.15, 0.2) is 36.4 Å². The van der Waals surface area contributed by atoms with Gasteiger partial charge < -0.3 is 0 Å². The summed E-state index contributed by atoms with van der Waals surface area (Å²) in [5.74, 6) is 0. The second-order valence-corrected chi connectivity index (χ2v) is 9.24. The molecular weight excluding hydrogens is 338 g/mol. The first-order chi connectivity index (χ1) is 9.22. The Kier molecular flexibility index (Phi) is 4.21. The number of fused-ring (bicyclic) bond motifs is 1. The van der Waals surface area contributed by atoms with E-state index in [-0.39, 0.29) is 4.83 Å². The lowest BCUT2D eigenvalue weighted by molar-refractivity contribution is 0.541. The highest BCUT2D eigenvalue weighted by molar-refractivity contribution is 9.09. The average molecular weight is 356 g/mol. The summed E-state index contributed by atoms with van der Waals surface area (Å²) < 4.78 is 22.9. The van der Waals surface area contributed by atoms with Crippen LogP contribution in [0.3, 0.4) is 0 Å². The van der Waals surface area contributed by atoms with E-state index >= 15 is 0 Å². The van der Waals surface area contributed by atoms with E-state index in [0.29, 0.717) is 6.42 Å². The number of nitrogens with zero attached hydrogens (tertiary/aromatic N) is 1. The molecule has 5 heteroatoms.